The van der Waals surface area contributed by atoms with Crippen LogP contribution in [-0.4, -0.2) is 23.3 Å². The molecule has 3 rings (SSSR count). The van der Waals surface area contributed by atoms with Gasteiger partial charge in [-0.3, -0.25) is 9.59 Å². The molecule has 0 aliphatic carbocycles. The van der Waals surface area contributed by atoms with Crippen molar-refractivity contribution in [1.82, 2.24) is 0 Å². The smallest absolute Gasteiger partial charge is 0.264 e. The lowest BCUT2D eigenvalue weighted by Crippen LogP contribution is -2.42. The monoisotopic (exact) mass is 337 g/mol. The van der Waals surface area contributed by atoms with Crippen LogP contribution in [0.1, 0.15) is 46.8 Å². The molecule has 1 aliphatic rings. The molecule has 4 heteroatoms. The first kappa shape index (κ1) is 17.4. The molecule has 2 aromatic carbocycles. The Labute approximate surface area is 148 Å². The highest BCUT2D eigenvalue weighted by molar-refractivity contribution is 6.11. The van der Waals surface area contributed by atoms with Gasteiger partial charge < -0.3 is 10.0 Å². The fourth-order valence-electron chi connectivity index (χ4n) is 3.49. The van der Waals surface area contributed by atoms with Crippen LogP contribution in [0, 0.1) is 13.8 Å². The number of para-hydroxylation sites is 1. The average Bonchev–Trinajstić information content (AvgIpc) is 2.80. The van der Waals surface area contributed by atoms with E-state index in [0.29, 0.717) is 23.4 Å². The molecule has 2 aromatic rings. The average molecular weight is 337 g/mol. The van der Waals surface area contributed by atoms with E-state index < -0.39 is 11.5 Å². The van der Waals surface area contributed by atoms with E-state index in [2.05, 4.69) is 0 Å². The van der Waals surface area contributed by atoms with Gasteiger partial charge in [0.25, 0.3) is 5.91 Å². The van der Waals surface area contributed by atoms with Gasteiger partial charge in [0.2, 0.25) is 0 Å². The van der Waals surface area contributed by atoms with Crippen LogP contribution in [0.15, 0.2) is 42.5 Å². The first-order chi connectivity index (χ1) is 11.9. The molecule has 130 valence electrons. The number of hydrogen-bond donors (Lipinski definition) is 1. The molecule has 25 heavy (non-hydrogen) atoms. The van der Waals surface area contributed by atoms with Gasteiger partial charge in [0.1, 0.15) is 0 Å². The summed E-state index contributed by atoms with van der Waals surface area (Å²) in [7, 11) is 0. The molecule has 0 bridgehead atoms. The van der Waals surface area contributed by atoms with Crippen LogP contribution in [0.4, 0.5) is 5.69 Å². The van der Waals surface area contributed by atoms with Crippen LogP contribution in [0.2, 0.25) is 0 Å². The number of hydrogen-bond acceptors (Lipinski definition) is 3. The molecule has 4 nitrogen and oxygen atoms in total. The second-order valence-electron chi connectivity index (χ2n) is 6.75. The van der Waals surface area contributed by atoms with Crippen LogP contribution in [0.3, 0.4) is 0 Å². The maximum Gasteiger partial charge on any atom is 0.264 e. The van der Waals surface area contributed by atoms with E-state index in [1.807, 2.05) is 51.1 Å². The van der Waals surface area contributed by atoms with Gasteiger partial charge in [0.15, 0.2) is 11.4 Å². The van der Waals surface area contributed by atoms with Gasteiger partial charge in [-0.25, -0.2) is 0 Å². The number of amides is 1. The molecule has 1 aliphatic heterocycles. The lowest BCUT2D eigenvalue weighted by Gasteiger charge is -2.23. The number of benzene rings is 2. The molecule has 0 radical (unpaired) electrons. The summed E-state index contributed by atoms with van der Waals surface area (Å²) in [6, 6.07) is 12.8. The Morgan fingerprint density at radius 1 is 1.16 bits per heavy atom. The minimum Gasteiger partial charge on any atom is -0.375 e. The topological polar surface area (TPSA) is 57.6 Å². The molecule has 0 fully saturated rings. The fraction of sp³-hybridized carbons (Fsp3) is 0.333. The summed E-state index contributed by atoms with van der Waals surface area (Å²) in [5.41, 5.74) is 1.82. The fourth-order valence-corrected chi connectivity index (χ4v) is 3.49. The summed E-state index contributed by atoms with van der Waals surface area (Å²) in [6.45, 7) is 6.29. The van der Waals surface area contributed by atoms with Gasteiger partial charge in [0.05, 0.1) is 12.1 Å². The van der Waals surface area contributed by atoms with Crippen LogP contribution in [0.25, 0.3) is 0 Å². The van der Waals surface area contributed by atoms with Gasteiger partial charge in [-0.15, -0.1) is 0 Å². The van der Waals surface area contributed by atoms with E-state index >= 15 is 0 Å². The number of ketones is 1. The van der Waals surface area contributed by atoms with E-state index in [0.717, 1.165) is 17.5 Å². The molecule has 0 aromatic heterocycles. The predicted molar refractivity (Wildman–Crippen MR) is 97.8 cm³/mol. The maximum absolute atomic E-state index is 12.9. The normalized spacial score (nSPS) is 19.2. The number of anilines is 1. The number of carbonyl (C=O) groups excluding carboxylic acids is 2. The van der Waals surface area contributed by atoms with Crippen LogP contribution in [-0.2, 0) is 10.4 Å². The Balaban J connectivity index is 2.00. The van der Waals surface area contributed by atoms with E-state index in [4.69, 9.17) is 0 Å². The van der Waals surface area contributed by atoms with Gasteiger partial charge in [-0.05, 0) is 38.0 Å². The van der Waals surface area contributed by atoms with Gasteiger partial charge in [0, 0.05) is 17.7 Å². The Bertz CT molecular complexity index is 843. The Hall–Kier alpha value is -2.46. The third kappa shape index (κ3) is 2.87. The van der Waals surface area contributed by atoms with Crippen molar-refractivity contribution >= 4 is 17.4 Å². The molecule has 0 spiro atoms. The first-order valence-electron chi connectivity index (χ1n) is 8.62. The summed E-state index contributed by atoms with van der Waals surface area (Å²) in [5, 5.41) is 11.2. The molecule has 0 saturated carbocycles. The Morgan fingerprint density at radius 3 is 2.60 bits per heavy atom. The SMILES string of the molecule is CCCN1C(=O)[C@@](O)(CC(=O)c2cc(C)ccc2C)c2ccccc21. The summed E-state index contributed by atoms with van der Waals surface area (Å²) in [5.74, 6) is -0.626. The Morgan fingerprint density at radius 2 is 1.88 bits per heavy atom. The Kier molecular flexibility index (Phi) is 4.48. The molecule has 1 heterocycles. The van der Waals surface area contributed by atoms with E-state index in [1.165, 1.54) is 0 Å². The number of rotatable bonds is 5. The van der Waals surface area contributed by atoms with E-state index in [1.54, 1.807) is 17.0 Å². The number of Topliss-reactive ketones (excluding diaryl/α,β-unsaturated/α-hetero) is 1. The van der Waals surface area contributed by atoms with Gasteiger partial charge >= 0.3 is 0 Å². The predicted octanol–water partition coefficient (Wildman–Crippen LogP) is 3.52. The first-order valence-corrected chi connectivity index (χ1v) is 8.62. The number of aliphatic hydroxyl groups is 1. The van der Waals surface area contributed by atoms with Crippen molar-refractivity contribution in [3.05, 3.63) is 64.7 Å². The largest absolute Gasteiger partial charge is 0.375 e. The standard InChI is InChI=1S/C21H23NO3/c1-4-11-22-18-8-6-5-7-17(18)21(25,20(22)24)13-19(23)16-12-14(2)9-10-15(16)3/h5-10,12,25H,4,11,13H2,1-3H3/t21-/m1/s1. The van der Waals surface area contributed by atoms with Crippen molar-refractivity contribution in [1.29, 1.82) is 0 Å². The maximum atomic E-state index is 12.9. The third-order valence-corrected chi connectivity index (χ3v) is 4.80. The zero-order chi connectivity index (χ0) is 18.2. The lowest BCUT2D eigenvalue weighted by atomic mass is 9.87. The molecular weight excluding hydrogens is 314 g/mol. The van der Waals surface area contributed by atoms with E-state index in [-0.39, 0.29) is 12.2 Å². The second kappa shape index (κ2) is 6.45. The lowest BCUT2D eigenvalue weighted by molar-refractivity contribution is -0.135. The second-order valence-corrected chi connectivity index (χ2v) is 6.75. The van der Waals surface area contributed by atoms with Gasteiger partial charge in [-0.1, -0.05) is 42.8 Å². The summed E-state index contributed by atoms with van der Waals surface area (Å²) in [4.78, 5) is 27.4. The summed E-state index contributed by atoms with van der Waals surface area (Å²) >= 11 is 0. The van der Waals surface area contributed by atoms with E-state index in [9.17, 15) is 14.7 Å². The highest BCUT2D eigenvalue weighted by Gasteiger charge is 2.50. The van der Waals surface area contributed by atoms with Crippen LogP contribution >= 0.6 is 0 Å². The quantitative estimate of drug-likeness (QED) is 0.849. The third-order valence-electron chi connectivity index (χ3n) is 4.80. The minimum atomic E-state index is -1.79. The molecular formula is C21H23NO3. The highest BCUT2D eigenvalue weighted by Crippen LogP contribution is 2.43. The zero-order valence-electron chi connectivity index (χ0n) is 14.9. The van der Waals surface area contributed by atoms with Crippen molar-refractivity contribution in [2.24, 2.45) is 0 Å². The minimum absolute atomic E-state index is 0.217. The van der Waals surface area contributed by atoms with Crippen molar-refractivity contribution < 1.29 is 14.7 Å². The molecule has 0 saturated heterocycles. The zero-order valence-corrected chi connectivity index (χ0v) is 14.9. The molecule has 1 atom stereocenters. The molecule has 1 N–H and O–H groups in total. The van der Waals surface area contributed by atoms with Gasteiger partial charge in [-0.2, -0.15) is 0 Å². The van der Waals surface area contributed by atoms with Crippen molar-refractivity contribution in [2.75, 3.05) is 11.4 Å². The highest BCUT2D eigenvalue weighted by atomic mass is 16.3. The van der Waals surface area contributed by atoms with Crippen molar-refractivity contribution in [2.45, 2.75) is 39.2 Å². The molecule has 1 amide bonds. The number of aryl methyl sites for hydroxylation is 2. The van der Waals surface area contributed by atoms with Crippen LogP contribution < -0.4 is 4.90 Å². The van der Waals surface area contributed by atoms with Crippen molar-refractivity contribution in [3.63, 3.8) is 0 Å². The molecule has 0 unspecified atom stereocenters. The summed E-state index contributed by atoms with van der Waals surface area (Å²) < 4.78 is 0. The van der Waals surface area contributed by atoms with Crippen LogP contribution in [0.5, 0.6) is 0 Å². The number of nitrogens with zero attached hydrogens (tertiary/aromatic N) is 1. The summed E-state index contributed by atoms with van der Waals surface area (Å²) in [6.07, 6.45) is 0.536. The number of carbonyl (C=O) groups is 2. The number of fused-ring (bicyclic) bond motifs is 1. The van der Waals surface area contributed by atoms with Crippen molar-refractivity contribution in [3.8, 4) is 0 Å².